The molecule has 0 atom stereocenters. The third kappa shape index (κ3) is 5.27. The number of hydrogen-bond donors (Lipinski definition) is 1. The predicted molar refractivity (Wildman–Crippen MR) is 73.7 cm³/mol. The van der Waals surface area contributed by atoms with E-state index in [1.807, 2.05) is 6.92 Å². The minimum absolute atomic E-state index is 0.334. The molecule has 21 heavy (non-hydrogen) atoms. The zero-order valence-electron chi connectivity index (χ0n) is 12.2. The van der Waals surface area contributed by atoms with E-state index in [4.69, 9.17) is 9.47 Å². The molecule has 0 unspecified atom stereocenters. The van der Waals surface area contributed by atoms with Gasteiger partial charge in [0.25, 0.3) is 5.09 Å². The fourth-order valence-electron chi connectivity index (χ4n) is 1.63. The van der Waals surface area contributed by atoms with Crippen molar-refractivity contribution in [1.82, 2.24) is 5.32 Å². The van der Waals surface area contributed by atoms with Crippen LogP contribution in [-0.2, 0) is 16.1 Å². The molecule has 0 spiro atoms. The number of benzene rings is 1. The summed E-state index contributed by atoms with van der Waals surface area (Å²) < 4.78 is 10.6. The monoisotopic (exact) mass is 298 g/mol. The molecule has 0 aliphatic heterocycles. The average Bonchev–Trinajstić information content (AvgIpc) is 2.45. The van der Waals surface area contributed by atoms with Crippen molar-refractivity contribution in [2.24, 2.45) is 0 Å². The molecule has 0 fully saturated rings. The first-order chi connectivity index (χ1) is 9.97. The summed E-state index contributed by atoms with van der Waals surface area (Å²) >= 11 is 0. The van der Waals surface area contributed by atoms with Crippen molar-refractivity contribution in [3.63, 3.8) is 0 Å². The number of carbonyl (C=O) groups excluding carboxylic acids is 1. The van der Waals surface area contributed by atoms with Gasteiger partial charge in [-0.25, -0.2) is 4.79 Å². The first-order valence-electron chi connectivity index (χ1n) is 6.36. The van der Waals surface area contributed by atoms with Gasteiger partial charge in [-0.3, -0.25) is 5.32 Å². The minimum atomic E-state index is -1.04. The van der Waals surface area contributed by atoms with Gasteiger partial charge in [-0.1, -0.05) is 6.92 Å². The van der Waals surface area contributed by atoms with Crippen molar-refractivity contribution in [2.45, 2.75) is 20.3 Å². The maximum Gasteiger partial charge on any atom is 0.337 e. The molecule has 0 bridgehead atoms. The Kier molecular flexibility index (Phi) is 6.41. The van der Waals surface area contributed by atoms with Crippen LogP contribution in [0.3, 0.4) is 0 Å². The first kappa shape index (κ1) is 16.7. The highest BCUT2D eigenvalue weighted by atomic mass is 17.0. The van der Waals surface area contributed by atoms with Gasteiger partial charge in [-0.2, -0.15) is 0 Å². The number of nitrogens with zero attached hydrogens (tertiary/aromatic N) is 1. The molecular formula is C13H18N2O6. The van der Waals surface area contributed by atoms with E-state index in [-0.39, 0.29) is 0 Å². The fraction of sp³-hybridized carbons (Fsp3) is 0.462. The Labute approximate surface area is 122 Å². The SMILES string of the molecule is CCc1cc(OC(=O)CO[N+](=O)[O-])c(C)cc1OCNC. The summed E-state index contributed by atoms with van der Waals surface area (Å²) in [4.78, 5) is 25.4. The number of esters is 1. The van der Waals surface area contributed by atoms with E-state index in [9.17, 15) is 14.9 Å². The van der Waals surface area contributed by atoms with Gasteiger partial charge in [0.15, 0.2) is 6.61 Å². The summed E-state index contributed by atoms with van der Waals surface area (Å²) in [5, 5.41) is 11.9. The van der Waals surface area contributed by atoms with Crippen LogP contribution in [0.15, 0.2) is 12.1 Å². The normalized spacial score (nSPS) is 10.0. The Morgan fingerprint density at radius 1 is 1.38 bits per heavy atom. The highest BCUT2D eigenvalue weighted by Gasteiger charge is 2.13. The lowest BCUT2D eigenvalue weighted by molar-refractivity contribution is -0.754. The number of nitrogens with one attached hydrogen (secondary N) is 1. The first-order valence-corrected chi connectivity index (χ1v) is 6.36. The topological polar surface area (TPSA) is 99.9 Å². The van der Waals surface area contributed by atoms with Gasteiger partial charge in [0.2, 0.25) is 0 Å². The Morgan fingerprint density at radius 2 is 2.10 bits per heavy atom. The zero-order chi connectivity index (χ0) is 15.8. The molecule has 0 radical (unpaired) electrons. The molecule has 0 saturated carbocycles. The second-order valence-electron chi connectivity index (χ2n) is 4.19. The van der Waals surface area contributed by atoms with Crippen LogP contribution in [0, 0.1) is 17.0 Å². The van der Waals surface area contributed by atoms with E-state index < -0.39 is 17.7 Å². The Bertz CT molecular complexity index is 518. The molecule has 1 aromatic carbocycles. The van der Waals surface area contributed by atoms with E-state index in [1.165, 1.54) is 0 Å². The highest BCUT2D eigenvalue weighted by Crippen LogP contribution is 2.29. The van der Waals surface area contributed by atoms with E-state index in [1.54, 1.807) is 26.1 Å². The molecule has 8 nitrogen and oxygen atoms in total. The van der Waals surface area contributed by atoms with Gasteiger partial charge >= 0.3 is 5.97 Å². The summed E-state index contributed by atoms with van der Waals surface area (Å²) in [6.07, 6.45) is 0.690. The fourth-order valence-corrected chi connectivity index (χ4v) is 1.63. The van der Waals surface area contributed by atoms with Crippen LogP contribution in [0.25, 0.3) is 0 Å². The van der Waals surface area contributed by atoms with Crippen molar-refractivity contribution in [3.05, 3.63) is 33.4 Å². The standard InChI is InChI=1S/C13H18N2O6/c1-4-10-6-11(21-13(16)7-20-15(17)18)9(2)5-12(10)19-8-14-3/h5-6,14H,4,7-8H2,1-3H3. The molecule has 0 heterocycles. The number of rotatable bonds is 8. The maximum atomic E-state index is 11.4. The van der Waals surface area contributed by atoms with Crippen LogP contribution < -0.4 is 14.8 Å². The summed E-state index contributed by atoms with van der Waals surface area (Å²) in [6, 6.07) is 3.44. The molecule has 0 aliphatic carbocycles. The quantitative estimate of drug-likeness (QED) is 0.253. The van der Waals surface area contributed by atoms with Crippen LogP contribution in [0.5, 0.6) is 11.5 Å². The second kappa shape index (κ2) is 8.05. The van der Waals surface area contributed by atoms with E-state index in [2.05, 4.69) is 10.2 Å². The zero-order valence-corrected chi connectivity index (χ0v) is 12.2. The van der Waals surface area contributed by atoms with Gasteiger partial charge in [-0.05, 0) is 43.7 Å². The van der Waals surface area contributed by atoms with Gasteiger partial charge in [-0.15, -0.1) is 10.1 Å². The lowest BCUT2D eigenvalue weighted by Crippen LogP contribution is -2.19. The van der Waals surface area contributed by atoms with Gasteiger partial charge in [0.1, 0.15) is 18.2 Å². The van der Waals surface area contributed by atoms with Crippen molar-refractivity contribution in [3.8, 4) is 11.5 Å². The third-order valence-corrected chi connectivity index (χ3v) is 2.62. The molecule has 116 valence electrons. The number of carbonyl (C=O) groups is 1. The van der Waals surface area contributed by atoms with Crippen molar-refractivity contribution >= 4 is 5.97 Å². The van der Waals surface area contributed by atoms with Crippen molar-refractivity contribution in [2.75, 3.05) is 20.4 Å². The Balaban J connectivity index is 2.83. The molecule has 1 aromatic rings. The van der Waals surface area contributed by atoms with Crippen LogP contribution in [0.4, 0.5) is 0 Å². The summed E-state index contributed by atoms with van der Waals surface area (Å²) in [6.45, 7) is 3.31. The molecule has 1 rings (SSSR count). The summed E-state index contributed by atoms with van der Waals surface area (Å²) in [7, 11) is 1.77. The molecule has 0 amide bonds. The van der Waals surface area contributed by atoms with E-state index in [0.717, 1.165) is 5.56 Å². The van der Waals surface area contributed by atoms with Crippen LogP contribution in [0.2, 0.25) is 0 Å². The minimum Gasteiger partial charge on any atom is -0.478 e. The summed E-state index contributed by atoms with van der Waals surface area (Å²) in [5.41, 5.74) is 1.56. The van der Waals surface area contributed by atoms with Crippen LogP contribution in [0.1, 0.15) is 18.1 Å². The predicted octanol–water partition coefficient (Wildman–Crippen LogP) is 1.23. The van der Waals surface area contributed by atoms with Gasteiger partial charge < -0.3 is 14.3 Å². The van der Waals surface area contributed by atoms with Crippen LogP contribution >= 0.6 is 0 Å². The van der Waals surface area contributed by atoms with E-state index in [0.29, 0.717) is 30.2 Å². The number of aryl methyl sites for hydroxylation is 2. The average molecular weight is 298 g/mol. The Hall–Kier alpha value is -2.35. The lowest BCUT2D eigenvalue weighted by atomic mass is 10.1. The smallest absolute Gasteiger partial charge is 0.337 e. The molecule has 0 aromatic heterocycles. The summed E-state index contributed by atoms with van der Waals surface area (Å²) in [5.74, 6) is 0.201. The Morgan fingerprint density at radius 3 is 2.67 bits per heavy atom. The van der Waals surface area contributed by atoms with Crippen molar-refractivity contribution in [1.29, 1.82) is 0 Å². The molecule has 1 N–H and O–H groups in total. The van der Waals surface area contributed by atoms with Crippen LogP contribution in [-0.4, -0.2) is 31.4 Å². The number of hydrogen-bond acceptors (Lipinski definition) is 7. The highest BCUT2D eigenvalue weighted by molar-refractivity contribution is 5.74. The molecule has 0 aliphatic rings. The van der Waals surface area contributed by atoms with Gasteiger partial charge in [0, 0.05) is 0 Å². The van der Waals surface area contributed by atoms with Crippen molar-refractivity contribution < 1.29 is 24.2 Å². The van der Waals surface area contributed by atoms with E-state index >= 15 is 0 Å². The molecule has 8 heteroatoms. The lowest BCUT2D eigenvalue weighted by Gasteiger charge is -2.14. The maximum absolute atomic E-state index is 11.4. The largest absolute Gasteiger partial charge is 0.478 e. The number of ether oxygens (including phenoxy) is 2. The third-order valence-electron chi connectivity index (χ3n) is 2.62. The molecular weight excluding hydrogens is 280 g/mol. The second-order valence-corrected chi connectivity index (χ2v) is 4.19. The van der Waals surface area contributed by atoms with Gasteiger partial charge in [0.05, 0.1) is 0 Å². The molecule has 0 saturated heterocycles.